The van der Waals surface area contributed by atoms with E-state index in [1.807, 2.05) is 12.1 Å². The Balaban J connectivity index is 2.29. The van der Waals surface area contributed by atoms with Gasteiger partial charge in [-0.2, -0.15) is 0 Å². The maximum absolute atomic E-state index is 11.2. The normalized spacial score (nSPS) is 17.1. The standard InChI is InChI=1S/C17H21NO2/c1-4-18-14-6-5-11(16(19)20)9-12(14)13-10-17(2,3)8-7-15(13)18/h5-6,9H,4,7-8,10H2,1-3H3,(H,19,20). The van der Waals surface area contributed by atoms with Crippen molar-refractivity contribution in [2.24, 2.45) is 5.41 Å². The van der Waals surface area contributed by atoms with Crippen molar-refractivity contribution in [3.8, 4) is 0 Å². The summed E-state index contributed by atoms with van der Waals surface area (Å²) in [5, 5.41) is 10.3. The van der Waals surface area contributed by atoms with Gasteiger partial charge in [-0.3, -0.25) is 0 Å². The zero-order valence-corrected chi connectivity index (χ0v) is 12.4. The molecule has 2 aromatic rings. The lowest BCUT2D eigenvalue weighted by molar-refractivity contribution is 0.0697. The van der Waals surface area contributed by atoms with Gasteiger partial charge in [0.2, 0.25) is 0 Å². The third kappa shape index (κ3) is 1.92. The molecule has 0 spiro atoms. The van der Waals surface area contributed by atoms with Crippen LogP contribution >= 0.6 is 0 Å². The summed E-state index contributed by atoms with van der Waals surface area (Å²) in [7, 11) is 0. The summed E-state index contributed by atoms with van der Waals surface area (Å²) >= 11 is 0. The Labute approximate surface area is 119 Å². The molecule has 1 aliphatic rings. The van der Waals surface area contributed by atoms with Crippen molar-refractivity contribution in [1.82, 2.24) is 4.57 Å². The summed E-state index contributed by atoms with van der Waals surface area (Å²) in [6.07, 6.45) is 3.32. The molecule has 20 heavy (non-hydrogen) atoms. The second-order valence-corrected chi connectivity index (χ2v) is 6.55. The predicted octanol–water partition coefficient (Wildman–Crippen LogP) is 3.87. The first-order valence-electron chi connectivity index (χ1n) is 7.30. The number of hydrogen-bond donors (Lipinski definition) is 1. The molecule has 1 N–H and O–H groups in total. The Morgan fingerprint density at radius 1 is 1.40 bits per heavy atom. The molecule has 0 saturated carbocycles. The molecule has 0 saturated heterocycles. The van der Waals surface area contributed by atoms with Crippen LogP contribution in [-0.2, 0) is 19.4 Å². The molecule has 0 fully saturated rings. The van der Waals surface area contributed by atoms with Gasteiger partial charge in [0.25, 0.3) is 0 Å². The molecule has 3 nitrogen and oxygen atoms in total. The first-order chi connectivity index (χ1) is 9.43. The number of carbonyl (C=O) groups is 1. The molecule has 106 valence electrons. The zero-order chi connectivity index (χ0) is 14.5. The number of fused-ring (bicyclic) bond motifs is 3. The van der Waals surface area contributed by atoms with Crippen LogP contribution in [0.15, 0.2) is 18.2 Å². The fraction of sp³-hybridized carbons (Fsp3) is 0.471. The molecule has 1 heterocycles. The maximum atomic E-state index is 11.2. The first-order valence-corrected chi connectivity index (χ1v) is 7.30. The third-order valence-corrected chi connectivity index (χ3v) is 4.54. The summed E-state index contributed by atoms with van der Waals surface area (Å²) in [5.41, 5.74) is 4.64. The molecule has 1 aromatic carbocycles. The van der Waals surface area contributed by atoms with Gasteiger partial charge in [0.15, 0.2) is 0 Å². The summed E-state index contributed by atoms with van der Waals surface area (Å²) in [6.45, 7) is 7.70. The van der Waals surface area contributed by atoms with E-state index >= 15 is 0 Å². The lowest BCUT2D eigenvalue weighted by Gasteiger charge is -2.30. The minimum absolute atomic E-state index is 0.305. The van der Waals surface area contributed by atoms with E-state index in [9.17, 15) is 9.90 Å². The highest BCUT2D eigenvalue weighted by molar-refractivity contribution is 5.95. The van der Waals surface area contributed by atoms with Gasteiger partial charge >= 0.3 is 5.97 Å². The third-order valence-electron chi connectivity index (χ3n) is 4.54. The molecule has 3 rings (SSSR count). The fourth-order valence-corrected chi connectivity index (χ4v) is 3.48. The van der Waals surface area contributed by atoms with Crippen molar-refractivity contribution in [3.05, 3.63) is 35.0 Å². The summed E-state index contributed by atoms with van der Waals surface area (Å²) in [6, 6.07) is 5.53. The quantitative estimate of drug-likeness (QED) is 0.900. The van der Waals surface area contributed by atoms with Gasteiger partial charge in [0.05, 0.1) is 5.56 Å². The molecular formula is C17H21NO2. The number of aromatic nitrogens is 1. The molecule has 1 aliphatic carbocycles. The summed E-state index contributed by atoms with van der Waals surface area (Å²) in [5.74, 6) is -0.847. The average molecular weight is 271 g/mol. The Kier molecular flexibility index (Phi) is 2.89. The van der Waals surface area contributed by atoms with Crippen LogP contribution in [0, 0.1) is 5.41 Å². The number of carboxylic acid groups (broad SMARTS) is 1. The number of aromatic carboxylic acids is 1. The van der Waals surface area contributed by atoms with Crippen LogP contribution in [0.2, 0.25) is 0 Å². The van der Waals surface area contributed by atoms with Crippen molar-refractivity contribution < 1.29 is 9.90 Å². The molecule has 0 aliphatic heterocycles. The highest BCUT2D eigenvalue weighted by Gasteiger charge is 2.29. The Bertz CT molecular complexity index is 695. The van der Waals surface area contributed by atoms with Crippen LogP contribution in [0.25, 0.3) is 10.9 Å². The molecule has 0 unspecified atom stereocenters. The van der Waals surface area contributed by atoms with E-state index in [0.717, 1.165) is 24.8 Å². The molecule has 3 heteroatoms. The van der Waals surface area contributed by atoms with E-state index in [0.29, 0.717) is 11.0 Å². The van der Waals surface area contributed by atoms with E-state index in [-0.39, 0.29) is 0 Å². The number of carboxylic acids is 1. The van der Waals surface area contributed by atoms with Crippen LogP contribution in [-0.4, -0.2) is 15.6 Å². The largest absolute Gasteiger partial charge is 0.478 e. The number of hydrogen-bond acceptors (Lipinski definition) is 1. The SMILES string of the molecule is CCn1c2c(c3cc(C(=O)O)ccc31)CC(C)(C)CC2. The molecule has 0 atom stereocenters. The topological polar surface area (TPSA) is 42.2 Å². The van der Waals surface area contributed by atoms with Crippen molar-refractivity contribution in [2.75, 3.05) is 0 Å². The lowest BCUT2D eigenvalue weighted by atomic mass is 9.76. The molecule has 0 radical (unpaired) electrons. The van der Waals surface area contributed by atoms with E-state index in [1.165, 1.54) is 23.2 Å². The van der Waals surface area contributed by atoms with Gasteiger partial charge < -0.3 is 9.67 Å². The van der Waals surface area contributed by atoms with Crippen LogP contribution in [0.3, 0.4) is 0 Å². The number of nitrogens with zero attached hydrogens (tertiary/aromatic N) is 1. The lowest BCUT2D eigenvalue weighted by Crippen LogP contribution is -2.22. The van der Waals surface area contributed by atoms with E-state index in [2.05, 4.69) is 25.3 Å². The van der Waals surface area contributed by atoms with Gasteiger partial charge in [-0.25, -0.2) is 4.79 Å². The monoisotopic (exact) mass is 271 g/mol. The average Bonchev–Trinajstić information content (AvgIpc) is 2.69. The van der Waals surface area contributed by atoms with Crippen molar-refractivity contribution >= 4 is 16.9 Å². The minimum Gasteiger partial charge on any atom is -0.478 e. The highest BCUT2D eigenvalue weighted by Crippen LogP contribution is 2.40. The van der Waals surface area contributed by atoms with E-state index < -0.39 is 5.97 Å². The number of aryl methyl sites for hydroxylation is 1. The first kappa shape index (κ1) is 13.2. The van der Waals surface area contributed by atoms with Crippen LogP contribution < -0.4 is 0 Å². The molecule has 1 aromatic heterocycles. The van der Waals surface area contributed by atoms with Crippen LogP contribution in [0.5, 0.6) is 0 Å². The van der Waals surface area contributed by atoms with Crippen molar-refractivity contribution in [1.29, 1.82) is 0 Å². The van der Waals surface area contributed by atoms with Crippen molar-refractivity contribution in [2.45, 2.75) is 46.6 Å². The molecular weight excluding hydrogens is 250 g/mol. The Morgan fingerprint density at radius 2 is 2.15 bits per heavy atom. The number of benzene rings is 1. The second kappa shape index (κ2) is 4.37. The van der Waals surface area contributed by atoms with Gasteiger partial charge in [-0.1, -0.05) is 13.8 Å². The predicted molar refractivity (Wildman–Crippen MR) is 80.4 cm³/mol. The highest BCUT2D eigenvalue weighted by atomic mass is 16.4. The zero-order valence-electron chi connectivity index (χ0n) is 12.4. The Morgan fingerprint density at radius 3 is 2.80 bits per heavy atom. The van der Waals surface area contributed by atoms with E-state index in [1.54, 1.807) is 6.07 Å². The van der Waals surface area contributed by atoms with Crippen molar-refractivity contribution in [3.63, 3.8) is 0 Å². The van der Waals surface area contributed by atoms with Gasteiger partial charge in [-0.15, -0.1) is 0 Å². The summed E-state index contributed by atoms with van der Waals surface area (Å²) in [4.78, 5) is 11.2. The van der Waals surface area contributed by atoms with Gasteiger partial charge in [0.1, 0.15) is 0 Å². The number of rotatable bonds is 2. The van der Waals surface area contributed by atoms with E-state index in [4.69, 9.17) is 0 Å². The second-order valence-electron chi connectivity index (χ2n) is 6.55. The Hall–Kier alpha value is -1.77. The van der Waals surface area contributed by atoms with Gasteiger partial charge in [0, 0.05) is 23.1 Å². The van der Waals surface area contributed by atoms with Crippen LogP contribution in [0.4, 0.5) is 0 Å². The molecule has 0 bridgehead atoms. The smallest absolute Gasteiger partial charge is 0.335 e. The minimum atomic E-state index is -0.847. The van der Waals surface area contributed by atoms with Gasteiger partial charge in [-0.05, 0) is 55.4 Å². The fourth-order valence-electron chi connectivity index (χ4n) is 3.48. The summed E-state index contributed by atoms with van der Waals surface area (Å²) < 4.78 is 2.35. The van der Waals surface area contributed by atoms with Crippen LogP contribution in [0.1, 0.15) is 48.8 Å². The molecule has 0 amide bonds. The maximum Gasteiger partial charge on any atom is 0.335 e.